The molecule has 2 atom stereocenters. The zero-order valence-electron chi connectivity index (χ0n) is 16.1. The van der Waals surface area contributed by atoms with E-state index in [4.69, 9.17) is 0 Å². The molecule has 2 aromatic carbocycles. The van der Waals surface area contributed by atoms with Crippen molar-refractivity contribution in [3.8, 4) is 23.0 Å². The van der Waals surface area contributed by atoms with Gasteiger partial charge in [-0.25, -0.2) is 0 Å². The smallest absolute Gasteiger partial charge is 0.157 e. The van der Waals surface area contributed by atoms with E-state index in [-0.39, 0.29) is 39.7 Å². The highest BCUT2D eigenvalue weighted by molar-refractivity contribution is 5.64. The first kappa shape index (κ1) is 18.4. The van der Waals surface area contributed by atoms with Gasteiger partial charge in [-0.3, -0.25) is 0 Å². The van der Waals surface area contributed by atoms with E-state index in [9.17, 15) is 20.4 Å². The number of fused-ring (bicyclic) bond motifs is 4. The lowest BCUT2D eigenvalue weighted by molar-refractivity contribution is 0.383. The van der Waals surface area contributed by atoms with Crippen molar-refractivity contribution in [2.75, 3.05) is 0 Å². The summed E-state index contributed by atoms with van der Waals surface area (Å²) in [5.74, 6) is -0.182. The fourth-order valence-corrected chi connectivity index (χ4v) is 5.06. The fraction of sp³-hybridized carbons (Fsp3) is 0.455. The normalized spacial score (nSPS) is 24.7. The molecule has 1 spiro atoms. The molecule has 0 heterocycles. The highest BCUT2D eigenvalue weighted by Gasteiger charge is 2.54. The lowest BCUT2D eigenvalue weighted by Gasteiger charge is -2.29. The third-order valence-corrected chi connectivity index (χ3v) is 5.95. The summed E-state index contributed by atoms with van der Waals surface area (Å²) in [6, 6.07) is 6.67. The molecule has 0 aromatic heterocycles. The molecular formula is C22H28O4. The van der Waals surface area contributed by atoms with Crippen molar-refractivity contribution in [2.45, 2.75) is 64.2 Å². The van der Waals surface area contributed by atoms with Crippen LogP contribution in [0.3, 0.4) is 0 Å². The third-order valence-electron chi connectivity index (χ3n) is 5.95. The Hall–Kier alpha value is -2.36. The molecule has 0 aliphatic heterocycles. The van der Waals surface area contributed by atoms with E-state index in [1.165, 1.54) is 0 Å². The molecule has 0 amide bonds. The summed E-state index contributed by atoms with van der Waals surface area (Å²) >= 11 is 0. The minimum absolute atomic E-state index is 0.0938. The molecule has 4 N–H and O–H groups in total. The number of hydrogen-bond donors (Lipinski definition) is 4. The number of phenols is 4. The predicted octanol–water partition coefficient (Wildman–Crippen LogP) is 5.01. The standard InChI is InChI=1S/C20H22O4.C2H6/c1-10-8-20(12-5-16(22)15(21)4-11(10)12)9-19(2,3)13-6-17(23)18(24)7-14(13)20;1-2/h4-7,10,21-24H,8-9H2,1-3H3;1-2H3. The predicted molar refractivity (Wildman–Crippen MR) is 102 cm³/mol. The number of phenolic OH excluding ortho intramolecular Hbond substituents is 4. The summed E-state index contributed by atoms with van der Waals surface area (Å²) in [7, 11) is 0. The molecule has 140 valence electrons. The summed E-state index contributed by atoms with van der Waals surface area (Å²) in [6.45, 7) is 10.4. The summed E-state index contributed by atoms with van der Waals surface area (Å²) in [6.07, 6.45) is 1.69. The molecule has 0 bridgehead atoms. The lowest BCUT2D eigenvalue weighted by atomic mass is 9.74. The van der Waals surface area contributed by atoms with Crippen LogP contribution in [0.15, 0.2) is 24.3 Å². The van der Waals surface area contributed by atoms with Gasteiger partial charge in [-0.05, 0) is 70.7 Å². The second-order valence-electron chi connectivity index (χ2n) is 8.06. The minimum Gasteiger partial charge on any atom is -0.504 e. The van der Waals surface area contributed by atoms with E-state index < -0.39 is 0 Å². The van der Waals surface area contributed by atoms with E-state index in [1.54, 1.807) is 24.3 Å². The first-order valence-electron chi connectivity index (χ1n) is 9.29. The van der Waals surface area contributed by atoms with Gasteiger partial charge in [-0.15, -0.1) is 0 Å². The van der Waals surface area contributed by atoms with Crippen molar-refractivity contribution in [3.63, 3.8) is 0 Å². The van der Waals surface area contributed by atoms with Crippen LogP contribution in [0.4, 0.5) is 0 Å². The topological polar surface area (TPSA) is 80.9 Å². The zero-order valence-corrected chi connectivity index (χ0v) is 16.1. The highest BCUT2D eigenvalue weighted by Crippen LogP contribution is 2.63. The Bertz CT molecular complexity index is 869. The minimum atomic E-state index is -0.316. The molecule has 4 nitrogen and oxygen atoms in total. The van der Waals surface area contributed by atoms with E-state index in [1.807, 2.05) is 13.8 Å². The molecule has 0 fully saturated rings. The Labute approximate surface area is 154 Å². The van der Waals surface area contributed by atoms with Crippen molar-refractivity contribution in [3.05, 3.63) is 46.5 Å². The van der Waals surface area contributed by atoms with Crippen molar-refractivity contribution in [1.29, 1.82) is 0 Å². The average Bonchev–Trinajstić information content (AvgIpc) is 2.95. The number of benzene rings is 2. The van der Waals surface area contributed by atoms with Crippen molar-refractivity contribution in [1.82, 2.24) is 0 Å². The van der Waals surface area contributed by atoms with Gasteiger partial charge in [0.05, 0.1) is 0 Å². The van der Waals surface area contributed by atoms with E-state index >= 15 is 0 Å². The van der Waals surface area contributed by atoms with Gasteiger partial charge < -0.3 is 20.4 Å². The summed E-state index contributed by atoms with van der Waals surface area (Å²) in [4.78, 5) is 0. The number of rotatable bonds is 0. The van der Waals surface area contributed by atoms with Crippen LogP contribution in [-0.2, 0) is 10.8 Å². The van der Waals surface area contributed by atoms with Gasteiger partial charge in [-0.2, -0.15) is 0 Å². The van der Waals surface area contributed by atoms with Crippen molar-refractivity contribution < 1.29 is 20.4 Å². The molecular weight excluding hydrogens is 328 g/mol. The maximum atomic E-state index is 10.1. The second-order valence-corrected chi connectivity index (χ2v) is 8.06. The first-order chi connectivity index (χ1) is 12.2. The second kappa shape index (κ2) is 5.83. The van der Waals surface area contributed by atoms with Gasteiger partial charge in [0.1, 0.15) is 0 Å². The van der Waals surface area contributed by atoms with Crippen molar-refractivity contribution >= 4 is 0 Å². The number of hydrogen-bond acceptors (Lipinski definition) is 4. The Morgan fingerprint density at radius 1 is 0.769 bits per heavy atom. The summed E-state index contributed by atoms with van der Waals surface area (Å²) < 4.78 is 0. The highest BCUT2D eigenvalue weighted by atomic mass is 16.3. The largest absolute Gasteiger partial charge is 0.504 e. The quantitative estimate of drug-likeness (QED) is 0.500. The van der Waals surface area contributed by atoms with Gasteiger partial charge in [0.2, 0.25) is 0 Å². The Kier molecular flexibility index (Phi) is 4.13. The molecule has 2 aliphatic carbocycles. The van der Waals surface area contributed by atoms with E-state index in [0.717, 1.165) is 35.1 Å². The molecule has 26 heavy (non-hydrogen) atoms. The Morgan fingerprint density at radius 2 is 1.23 bits per heavy atom. The maximum absolute atomic E-state index is 10.1. The molecule has 0 saturated carbocycles. The van der Waals surface area contributed by atoms with Gasteiger partial charge in [0.15, 0.2) is 23.0 Å². The first-order valence-corrected chi connectivity index (χ1v) is 9.29. The molecule has 4 rings (SSSR count). The zero-order chi connectivity index (χ0) is 19.4. The SMILES string of the molecule is CC.CC1CC2(CC(C)(C)c3cc(O)c(O)cc32)c2cc(O)c(O)cc21. The van der Waals surface area contributed by atoms with Gasteiger partial charge >= 0.3 is 0 Å². The van der Waals surface area contributed by atoms with Gasteiger partial charge in [-0.1, -0.05) is 34.6 Å². The number of aromatic hydroxyl groups is 4. The summed E-state index contributed by atoms with van der Waals surface area (Å²) in [5, 5.41) is 40.0. The maximum Gasteiger partial charge on any atom is 0.157 e. The van der Waals surface area contributed by atoms with Crippen LogP contribution in [-0.4, -0.2) is 20.4 Å². The molecule has 2 aliphatic rings. The van der Waals surface area contributed by atoms with Crippen LogP contribution in [0.2, 0.25) is 0 Å². The van der Waals surface area contributed by atoms with Crippen molar-refractivity contribution in [2.24, 2.45) is 0 Å². The van der Waals surface area contributed by atoms with Crippen LogP contribution in [0, 0.1) is 0 Å². The average molecular weight is 356 g/mol. The third kappa shape index (κ3) is 2.35. The van der Waals surface area contributed by atoms with Crippen LogP contribution in [0.1, 0.15) is 75.6 Å². The molecule has 2 unspecified atom stereocenters. The fourth-order valence-electron chi connectivity index (χ4n) is 5.06. The molecule has 0 saturated heterocycles. The van der Waals surface area contributed by atoms with Crippen LogP contribution >= 0.6 is 0 Å². The Morgan fingerprint density at radius 3 is 1.81 bits per heavy atom. The lowest BCUT2D eigenvalue weighted by Crippen LogP contribution is -2.24. The summed E-state index contributed by atoms with van der Waals surface area (Å²) in [5.41, 5.74) is 3.63. The van der Waals surface area contributed by atoms with E-state index in [0.29, 0.717) is 0 Å². The molecule has 0 radical (unpaired) electrons. The van der Waals surface area contributed by atoms with E-state index in [2.05, 4.69) is 20.8 Å². The monoisotopic (exact) mass is 356 g/mol. The van der Waals surface area contributed by atoms with Gasteiger partial charge in [0, 0.05) is 5.41 Å². The Balaban J connectivity index is 0.000000948. The molecule has 2 aromatic rings. The van der Waals surface area contributed by atoms with Gasteiger partial charge in [0.25, 0.3) is 0 Å². The van der Waals surface area contributed by atoms with Crippen LogP contribution in [0.25, 0.3) is 0 Å². The molecule has 4 heteroatoms. The van der Waals surface area contributed by atoms with Crippen LogP contribution < -0.4 is 0 Å². The van der Waals surface area contributed by atoms with Crippen LogP contribution in [0.5, 0.6) is 23.0 Å².